The van der Waals surface area contributed by atoms with Crippen molar-refractivity contribution in [2.24, 2.45) is 0 Å². The van der Waals surface area contributed by atoms with E-state index in [2.05, 4.69) is 14.9 Å². The van der Waals surface area contributed by atoms with Crippen LogP contribution in [0.3, 0.4) is 0 Å². The number of pyridine rings is 1. The highest BCUT2D eigenvalue weighted by Gasteiger charge is 2.30. The zero-order valence-corrected chi connectivity index (χ0v) is 18.6. The first-order valence-corrected chi connectivity index (χ1v) is 10.4. The summed E-state index contributed by atoms with van der Waals surface area (Å²) in [6, 6.07) is 7.90. The van der Waals surface area contributed by atoms with Gasteiger partial charge in [-0.1, -0.05) is 0 Å². The third kappa shape index (κ3) is 4.12. The highest BCUT2D eigenvalue weighted by Crippen LogP contribution is 2.30. The number of methoxy groups -OCH3 is 1. The van der Waals surface area contributed by atoms with Crippen LogP contribution < -0.4 is 9.64 Å². The van der Waals surface area contributed by atoms with Gasteiger partial charge in [0, 0.05) is 25.8 Å². The number of aryl methyl sites for hydroxylation is 1. The molecule has 0 radical (unpaired) electrons. The smallest absolute Gasteiger partial charge is 0.410 e. The van der Waals surface area contributed by atoms with E-state index in [-0.39, 0.29) is 18.2 Å². The van der Waals surface area contributed by atoms with Crippen LogP contribution in [0.2, 0.25) is 0 Å². The Morgan fingerprint density at radius 1 is 1.26 bits per heavy atom. The summed E-state index contributed by atoms with van der Waals surface area (Å²) in [5.41, 5.74) is 3.27. The van der Waals surface area contributed by atoms with Crippen LogP contribution in [-0.2, 0) is 4.74 Å². The average molecular weight is 425 g/mol. The summed E-state index contributed by atoms with van der Waals surface area (Å²) in [5.74, 6) is 1.37. The van der Waals surface area contributed by atoms with E-state index in [1.54, 1.807) is 25.3 Å². The van der Waals surface area contributed by atoms with E-state index < -0.39 is 0 Å². The van der Waals surface area contributed by atoms with Gasteiger partial charge in [0.15, 0.2) is 5.65 Å². The zero-order valence-electron chi connectivity index (χ0n) is 18.6. The van der Waals surface area contributed by atoms with Gasteiger partial charge in [0.05, 0.1) is 36.7 Å². The van der Waals surface area contributed by atoms with Crippen molar-refractivity contribution in [3.05, 3.63) is 36.2 Å². The van der Waals surface area contributed by atoms with Crippen LogP contribution in [0.5, 0.6) is 5.88 Å². The largest absolute Gasteiger partial charge is 0.480 e. The molecule has 3 aromatic rings. The summed E-state index contributed by atoms with van der Waals surface area (Å²) in [7, 11) is 3.40. The Morgan fingerprint density at radius 3 is 2.81 bits per heavy atom. The number of ether oxygens (including phenoxy) is 2. The number of nitrogens with zero attached hydrogens (tertiary/aromatic N) is 6. The summed E-state index contributed by atoms with van der Waals surface area (Å²) in [6.45, 7) is 7.14. The SMILES string of the molecule is COc1nc(C)ccc1-c1cnc2ccc(N3CCC(N(C)C(=O)OC(C)C)C3)nn12. The van der Waals surface area contributed by atoms with E-state index in [1.807, 2.05) is 49.6 Å². The molecular formula is C22H28N6O3. The number of fused-ring (bicyclic) bond motifs is 1. The minimum Gasteiger partial charge on any atom is -0.480 e. The summed E-state index contributed by atoms with van der Waals surface area (Å²) in [6.07, 6.45) is 2.21. The molecule has 1 amide bonds. The first-order chi connectivity index (χ1) is 14.9. The molecule has 3 aromatic heterocycles. The second kappa shape index (κ2) is 8.41. The first-order valence-electron chi connectivity index (χ1n) is 10.4. The van der Waals surface area contributed by atoms with Crippen LogP contribution in [0.1, 0.15) is 26.0 Å². The van der Waals surface area contributed by atoms with Crippen molar-refractivity contribution in [1.29, 1.82) is 0 Å². The molecule has 31 heavy (non-hydrogen) atoms. The molecule has 0 bridgehead atoms. The number of amides is 1. The van der Waals surface area contributed by atoms with Crippen LogP contribution in [0.25, 0.3) is 16.9 Å². The second-order valence-electron chi connectivity index (χ2n) is 8.05. The summed E-state index contributed by atoms with van der Waals surface area (Å²) in [4.78, 5) is 25.1. The van der Waals surface area contributed by atoms with Crippen molar-refractivity contribution in [3.8, 4) is 17.1 Å². The Hall–Kier alpha value is -3.36. The molecule has 4 rings (SSSR count). The van der Waals surface area contributed by atoms with E-state index in [1.165, 1.54) is 0 Å². The maximum Gasteiger partial charge on any atom is 0.410 e. The van der Waals surface area contributed by atoms with Crippen molar-refractivity contribution >= 4 is 17.6 Å². The number of hydrogen-bond donors (Lipinski definition) is 0. The van der Waals surface area contributed by atoms with Gasteiger partial charge in [0.1, 0.15) is 5.82 Å². The molecule has 1 saturated heterocycles. The zero-order chi connectivity index (χ0) is 22.1. The molecule has 0 aromatic carbocycles. The molecule has 1 atom stereocenters. The monoisotopic (exact) mass is 424 g/mol. The van der Waals surface area contributed by atoms with Gasteiger partial charge in [-0.15, -0.1) is 5.10 Å². The van der Waals surface area contributed by atoms with Gasteiger partial charge in [-0.2, -0.15) is 0 Å². The lowest BCUT2D eigenvalue weighted by Gasteiger charge is -2.25. The van der Waals surface area contributed by atoms with Crippen molar-refractivity contribution in [1.82, 2.24) is 24.5 Å². The summed E-state index contributed by atoms with van der Waals surface area (Å²) >= 11 is 0. The van der Waals surface area contributed by atoms with E-state index >= 15 is 0 Å². The lowest BCUT2D eigenvalue weighted by atomic mass is 10.2. The molecular weight excluding hydrogens is 396 g/mol. The molecule has 1 aliphatic heterocycles. The number of imidazole rings is 1. The Kier molecular flexibility index (Phi) is 5.67. The highest BCUT2D eigenvalue weighted by atomic mass is 16.6. The minimum absolute atomic E-state index is 0.0763. The number of hydrogen-bond acceptors (Lipinski definition) is 7. The van der Waals surface area contributed by atoms with E-state index in [9.17, 15) is 4.79 Å². The molecule has 4 heterocycles. The van der Waals surface area contributed by atoms with Gasteiger partial charge < -0.3 is 19.3 Å². The van der Waals surface area contributed by atoms with Gasteiger partial charge >= 0.3 is 6.09 Å². The predicted octanol–water partition coefficient (Wildman–Crippen LogP) is 3.16. The summed E-state index contributed by atoms with van der Waals surface area (Å²) in [5, 5.41) is 4.84. The Balaban J connectivity index is 1.59. The van der Waals surface area contributed by atoms with Crippen molar-refractivity contribution < 1.29 is 14.3 Å². The van der Waals surface area contributed by atoms with Gasteiger partial charge in [0.25, 0.3) is 0 Å². The first kappa shape index (κ1) is 20.9. The predicted molar refractivity (Wildman–Crippen MR) is 118 cm³/mol. The normalized spacial score (nSPS) is 16.2. The Labute approximate surface area is 181 Å². The number of carbonyl (C=O) groups excluding carboxylic acids is 1. The highest BCUT2D eigenvalue weighted by molar-refractivity contribution is 5.69. The second-order valence-corrected chi connectivity index (χ2v) is 8.05. The quantitative estimate of drug-likeness (QED) is 0.622. The lowest BCUT2D eigenvalue weighted by Crippen LogP contribution is -2.40. The maximum atomic E-state index is 12.2. The van der Waals surface area contributed by atoms with Gasteiger partial charge in [0.2, 0.25) is 5.88 Å². The number of rotatable bonds is 5. The van der Waals surface area contributed by atoms with Crippen molar-refractivity contribution in [3.63, 3.8) is 0 Å². The molecule has 164 valence electrons. The van der Waals surface area contributed by atoms with Crippen LogP contribution in [0, 0.1) is 6.92 Å². The lowest BCUT2D eigenvalue weighted by molar-refractivity contribution is 0.0748. The summed E-state index contributed by atoms with van der Waals surface area (Å²) < 4.78 is 12.6. The van der Waals surface area contributed by atoms with Crippen LogP contribution in [0.4, 0.5) is 10.6 Å². The fourth-order valence-corrected chi connectivity index (χ4v) is 3.80. The molecule has 1 fully saturated rings. The fourth-order valence-electron chi connectivity index (χ4n) is 3.80. The Bertz CT molecular complexity index is 1100. The van der Waals surface area contributed by atoms with Crippen LogP contribution in [0.15, 0.2) is 30.5 Å². The molecule has 1 unspecified atom stereocenters. The van der Waals surface area contributed by atoms with Crippen LogP contribution >= 0.6 is 0 Å². The maximum absolute atomic E-state index is 12.2. The molecule has 0 spiro atoms. The molecule has 0 N–H and O–H groups in total. The molecule has 0 saturated carbocycles. The fraction of sp³-hybridized carbons (Fsp3) is 0.455. The third-order valence-corrected chi connectivity index (χ3v) is 5.48. The van der Waals surface area contributed by atoms with E-state index in [0.29, 0.717) is 12.4 Å². The van der Waals surface area contributed by atoms with Crippen molar-refractivity contribution in [2.75, 3.05) is 32.1 Å². The molecule has 1 aliphatic rings. The van der Waals surface area contributed by atoms with Crippen LogP contribution in [-0.4, -0.2) is 70.0 Å². The molecule has 0 aliphatic carbocycles. The van der Waals surface area contributed by atoms with Gasteiger partial charge in [-0.3, -0.25) is 0 Å². The average Bonchev–Trinajstić information content (AvgIpc) is 3.39. The van der Waals surface area contributed by atoms with Crippen molar-refractivity contribution in [2.45, 2.75) is 39.3 Å². The third-order valence-electron chi connectivity index (χ3n) is 5.48. The van der Waals surface area contributed by atoms with Gasteiger partial charge in [-0.25, -0.2) is 19.3 Å². The Morgan fingerprint density at radius 2 is 2.06 bits per heavy atom. The molecule has 9 nitrogen and oxygen atoms in total. The minimum atomic E-state index is -0.291. The van der Waals surface area contributed by atoms with E-state index in [4.69, 9.17) is 14.6 Å². The van der Waals surface area contributed by atoms with E-state index in [0.717, 1.165) is 41.4 Å². The topological polar surface area (TPSA) is 85.1 Å². The number of anilines is 1. The standard InChI is InChI=1S/C22H28N6O3/c1-14(2)31-22(29)26(4)16-10-11-27(13-16)20-9-8-19-23-12-18(28(19)25-20)17-7-6-15(3)24-21(17)30-5/h6-9,12,14,16H,10-11,13H2,1-5H3. The van der Waals surface area contributed by atoms with Gasteiger partial charge in [-0.05, 0) is 51.5 Å². The number of carbonyl (C=O) groups is 1. The molecule has 9 heteroatoms. The number of likely N-dealkylation sites (N-methyl/N-ethyl adjacent to an activating group) is 1. The number of aromatic nitrogens is 4.